The van der Waals surface area contributed by atoms with Crippen LogP contribution in [0.5, 0.6) is 11.5 Å². The van der Waals surface area contributed by atoms with Gasteiger partial charge in [0.2, 0.25) is 0 Å². The molecule has 4 nitrogen and oxygen atoms in total. The standard InChI is InChI=1S/C26H36N2O2.2ClH/c1-2-29-25-19-23(13-14-24(25)30-20-21-9-5-3-6-10-21)26(22-11-7-4-8-12-22)28-17-15-27-16-18-28;;/h3,5-6,9-10,13-14,19,22,26-27H,2,4,7-8,11-12,15-18,20H2,1H3;2*1H/t26-;;/m1../s1. The molecule has 0 radical (unpaired) electrons. The number of piperazine rings is 1. The SMILES string of the molecule is CCOc1cc([C@@H](C2CCCCC2)N2CCNCC2)ccc1OCc1ccccc1.Cl.Cl. The van der Waals surface area contributed by atoms with Crippen LogP contribution in [0.1, 0.15) is 56.2 Å². The molecule has 1 N–H and O–H groups in total. The van der Waals surface area contributed by atoms with Gasteiger partial charge in [-0.15, -0.1) is 24.8 Å². The second-order valence-corrected chi connectivity index (χ2v) is 8.54. The van der Waals surface area contributed by atoms with Gasteiger partial charge in [-0.1, -0.05) is 55.7 Å². The Labute approximate surface area is 205 Å². The molecule has 1 atom stereocenters. The third kappa shape index (κ3) is 7.02. The van der Waals surface area contributed by atoms with E-state index in [1.54, 1.807) is 0 Å². The van der Waals surface area contributed by atoms with E-state index in [0.29, 0.717) is 19.3 Å². The molecule has 4 rings (SSSR count). The van der Waals surface area contributed by atoms with E-state index in [-0.39, 0.29) is 24.8 Å². The third-order valence-corrected chi connectivity index (χ3v) is 6.49. The minimum Gasteiger partial charge on any atom is -0.490 e. The summed E-state index contributed by atoms with van der Waals surface area (Å²) in [6, 6.07) is 17.5. The first kappa shape index (κ1) is 26.8. The predicted octanol–water partition coefficient (Wildman–Crippen LogP) is 6.03. The topological polar surface area (TPSA) is 33.7 Å². The van der Waals surface area contributed by atoms with Crippen molar-refractivity contribution in [1.82, 2.24) is 10.2 Å². The lowest BCUT2D eigenvalue weighted by Gasteiger charge is -2.41. The monoisotopic (exact) mass is 480 g/mol. The Morgan fingerprint density at radius 3 is 2.31 bits per heavy atom. The quantitative estimate of drug-likeness (QED) is 0.499. The molecule has 2 fully saturated rings. The number of benzene rings is 2. The zero-order valence-corrected chi connectivity index (χ0v) is 20.8. The van der Waals surface area contributed by atoms with Gasteiger partial charge in [0.05, 0.1) is 6.61 Å². The summed E-state index contributed by atoms with van der Waals surface area (Å²) in [5, 5.41) is 3.51. The van der Waals surface area contributed by atoms with Crippen LogP contribution >= 0.6 is 24.8 Å². The summed E-state index contributed by atoms with van der Waals surface area (Å²) < 4.78 is 12.2. The summed E-state index contributed by atoms with van der Waals surface area (Å²) in [5.74, 6) is 2.46. The average Bonchev–Trinajstić information content (AvgIpc) is 2.81. The van der Waals surface area contributed by atoms with Crippen LogP contribution in [-0.4, -0.2) is 37.7 Å². The van der Waals surface area contributed by atoms with Crippen molar-refractivity contribution >= 4 is 24.8 Å². The maximum Gasteiger partial charge on any atom is 0.161 e. The molecule has 2 aromatic rings. The summed E-state index contributed by atoms with van der Waals surface area (Å²) in [4.78, 5) is 2.70. The summed E-state index contributed by atoms with van der Waals surface area (Å²) in [6.45, 7) is 7.66. The first-order valence-electron chi connectivity index (χ1n) is 11.7. The lowest BCUT2D eigenvalue weighted by atomic mass is 9.80. The largest absolute Gasteiger partial charge is 0.490 e. The van der Waals surface area contributed by atoms with Crippen LogP contribution in [-0.2, 0) is 6.61 Å². The van der Waals surface area contributed by atoms with Crippen LogP contribution in [0.25, 0.3) is 0 Å². The van der Waals surface area contributed by atoms with Crippen LogP contribution in [0.3, 0.4) is 0 Å². The van der Waals surface area contributed by atoms with E-state index in [2.05, 4.69) is 40.5 Å². The molecule has 1 saturated heterocycles. The smallest absolute Gasteiger partial charge is 0.161 e. The summed E-state index contributed by atoms with van der Waals surface area (Å²) >= 11 is 0. The van der Waals surface area contributed by atoms with Crippen molar-refractivity contribution in [3.05, 3.63) is 59.7 Å². The van der Waals surface area contributed by atoms with E-state index in [1.807, 2.05) is 25.1 Å². The lowest BCUT2D eigenvalue weighted by molar-refractivity contribution is 0.103. The number of nitrogens with one attached hydrogen (secondary N) is 1. The van der Waals surface area contributed by atoms with Gasteiger partial charge < -0.3 is 14.8 Å². The normalized spacial score (nSPS) is 18.2. The zero-order valence-electron chi connectivity index (χ0n) is 19.1. The Hall–Kier alpha value is -1.46. The maximum atomic E-state index is 6.15. The molecule has 2 aromatic carbocycles. The molecule has 1 saturated carbocycles. The first-order valence-corrected chi connectivity index (χ1v) is 11.7. The minimum absolute atomic E-state index is 0. The Bertz CT molecular complexity index is 761. The second kappa shape index (κ2) is 13.9. The van der Waals surface area contributed by atoms with Crippen LogP contribution in [0.2, 0.25) is 0 Å². The van der Waals surface area contributed by atoms with Gasteiger partial charge in [-0.25, -0.2) is 0 Å². The van der Waals surface area contributed by atoms with Gasteiger partial charge in [0, 0.05) is 32.2 Å². The Morgan fingerprint density at radius 1 is 0.906 bits per heavy atom. The highest BCUT2D eigenvalue weighted by molar-refractivity contribution is 5.85. The molecule has 0 aromatic heterocycles. The number of nitrogens with zero attached hydrogens (tertiary/aromatic N) is 1. The van der Waals surface area contributed by atoms with E-state index in [1.165, 1.54) is 43.2 Å². The highest BCUT2D eigenvalue weighted by atomic mass is 35.5. The van der Waals surface area contributed by atoms with Crippen molar-refractivity contribution in [1.29, 1.82) is 0 Å². The lowest BCUT2D eigenvalue weighted by Crippen LogP contribution is -2.47. The summed E-state index contributed by atoms with van der Waals surface area (Å²) in [7, 11) is 0. The van der Waals surface area contributed by atoms with Gasteiger partial charge in [-0.05, 0) is 48.9 Å². The third-order valence-electron chi connectivity index (χ3n) is 6.49. The van der Waals surface area contributed by atoms with Gasteiger partial charge in [0.15, 0.2) is 11.5 Å². The van der Waals surface area contributed by atoms with E-state index >= 15 is 0 Å². The van der Waals surface area contributed by atoms with Gasteiger partial charge in [-0.3, -0.25) is 4.90 Å². The molecule has 1 aliphatic carbocycles. The molecule has 2 aliphatic rings. The molecular formula is C26H38Cl2N2O2. The van der Waals surface area contributed by atoms with Crippen molar-refractivity contribution < 1.29 is 9.47 Å². The number of halogens is 2. The molecule has 1 aliphatic heterocycles. The Morgan fingerprint density at radius 2 is 1.62 bits per heavy atom. The molecule has 0 bridgehead atoms. The van der Waals surface area contributed by atoms with Gasteiger partial charge >= 0.3 is 0 Å². The molecule has 0 amide bonds. The van der Waals surface area contributed by atoms with Gasteiger partial charge in [-0.2, -0.15) is 0 Å². The van der Waals surface area contributed by atoms with Crippen molar-refractivity contribution in [2.45, 2.75) is 51.7 Å². The van der Waals surface area contributed by atoms with E-state index in [4.69, 9.17) is 9.47 Å². The molecule has 0 spiro atoms. The summed E-state index contributed by atoms with van der Waals surface area (Å²) in [5.41, 5.74) is 2.56. The van der Waals surface area contributed by atoms with Crippen molar-refractivity contribution in [3.8, 4) is 11.5 Å². The Balaban J connectivity index is 0.00000181. The molecule has 1 heterocycles. The highest BCUT2D eigenvalue weighted by Gasteiger charge is 2.31. The maximum absolute atomic E-state index is 6.15. The molecule has 0 unspecified atom stereocenters. The van der Waals surface area contributed by atoms with Crippen molar-refractivity contribution in [2.75, 3.05) is 32.8 Å². The van der Waals surface area contributed by atoms with Crippen LogP contribution in [0.15, 0.2) is 48.5 Å². The minimum atomic E-state index is 0. The van der Waals surface area contributed by atoms with Gasteiger partial charge in [0.25, 0.3) is 0 Å². The Kier molecular flexibility index (Phi) is 11.7. The van der Waals surface area contributed by atoms with E-state index in [0.717, 1.165) is 43.6 Å². The fourth-order valence-corrected chi connectivity index (χ4v) is 5.02. The molecular weight excluding hydrogens is 443 g/mol. The molecule has 178 valence electrons. The van der Waals surface area contributed by atoms with Gasteiger partial charge in [0.1, 0.15) is 6.61 Å². The highest BCUT2D eigenvalue weighted by Crippen LogP contribution is 2.41. The first-order chi connectivity index (χ1) is 14.8. The number of hydrogen-bond acceptors (Lipinski definition) is 4. The molecule has 6 heteroatoms. The predicted molar refractivity (Wildman–Crippen MR) is 137 cm³/mol. The van der Waals surface area contributed by atoms with Crippen molar-refractivity contribution in [3.63, 3.8) is 0 Å². The fraction of sp³-hybridized carbons (Fsp3) is 0.538. The molecule has 32 heavy (non-hydrogen) atoms. The van der Waals surface area contributed by atoms with Crippen LogP contribution in [0, 0.1) is 5.92 Å². The zero-order chi connectivity index (χ0) is 20.6. The van der Waals surface area contributed by atoms with E-state index in [9.17, 15) is 0 Å². The van der Waals surface area contributed by atoms with Crippen LogP contribution in [0.4, 0.5) is 0 Å². The fourth-order valence-electron chi connectivity index (χ4n) is 5.02. The number of rotatable bonds is 8. The van der Waals surface area contributed by atoms with Crippen molar-refractivity contribution in [2.24, 2.45) is 5.92 Å². The second-order valence-electron chi connectivity index (χ2n) is 8.54. The van der Waals surface area contributed by atoms with E-state index < -0.39 is 0 Å². The number of hydrogen-bond donors (Lipinski definition) is 1. The number of ether oxygens (including phenoxy) is 2. The van der Waals surface area contributed by atoms with Crippen LogP contribution < -0.4 is 14.8 Å². The average molecular weight is 482 g/mol. The summed E-state index contributed by atoms with van der Waals surface area (Å²) in [6.07, 6.45) is 6.80.